The molecule has 10 nitrogen and oxygen atoms in total. The van der Waals surface area contributed by atoms with Crippen LogP contribution >= 0.6 is 0 Å². The Kier molecular flexibility index (Phi) is 10.8. The molecule has 3 heterocycles. The van der Waals surface area contributed by atoms with E-state index in [2.05, 4.69) is 94.7 Å². The predicted octanol–water partition coefficient (Wildman–Crippen LogP) is 5.56. The van der Waals surface area contributed by atoms with Crippen LogP contribution in [0, 0.1) is 6.92 Å². The highest BCUT2D eigenvalue weighted by atomic mass is 28.4. The van der Waals surface area contributed by atoms with Crippen molar-refractivity contribution in [2.75, 3.05) is 25.1 Å². The third-order valence-electron chi connectivity index (χ3n) is 8.51. The molecule has 1 atom stereocenters. The van der Waals surface area contributed by atoms with Crippen LogP contribution < -0.4 is 20.4 Å². The van der Waals surface area contributed by atoms with Gasteiger partial charge in [-0.25, -0.2) is 19.6 Å². The average Bonchev–Trinajstić information content (AvgIpc) is 3.54. The Morgan fingerprint density at radius 3 is 2.10 bits per heavy atom. The minimum Gasteiger partial charge on any atom is -0.461 e. The minimum atomic E-state index is -2.75. The van der Waals surface area contributed by atoms with Crippen LogP contribution in [0.5, 0.6) is 5.88 Å². The molecule has 3 aromatic carbocycles. The average molecular weight is 687 g/mol. The van der Waals surface area contributed by atoms with Gasteiger partial charge < -0.3 is 19.2 Å². The monoisotopic (exact) mass is 686 g/mol. The quantitative estimate of drug-likeness (QED) is 0.117. The molecule has 0 unspecified atom stereocenters. The standard InChI is InChI=1S/C39H42N6O4Si/c1-29-20-21-35(40-24-29)44-37(46)34(49-38-33-25-43-45(36(33)41-28-42-38)26-30-14-8-5-9-15-30)27-47-22-23-48-50(39(2,3)4,31-16-10-6-11-17-31)32-18-12-7-13-19-32/h5-21,24-25,28,34H,22-23,26-27H2,1-4H3,(H,40,44,46)/t34-/m0/s1. The molecule has 6 aromatic rings. The van der Waals surface area contributed by atoms with Gasteiger partial charge in [0.1, 0.15) is 17.5 Å². The van der Waals surface area contributed by atoms with E-state index in [1.54, 1.807) is 23.1 Å². The van der Waals surface area contributed by atoms with Crippen LogP contribution in [0.2, 0.25) is 5.04 Å². The summed E-state index contributed by atoms with van der Waals surface area (Å²) in [5.41, 5.74) is 2.66. The van der Waals surface area contributed by atoms with E-state index >= 15 is 0 Å². The SMILES string of the molecule is Cc1ccc(NC(=O)[C@H](COCCO[Si](c2ccccc2)(c2ccccc2)C(C)(C)C)Oc2ncnc3c2cnn3Cc2ccccc2)nc1. The maximum atomic E-state index is 13.7. The van der Waals surface area contributed by atoms with E-state index < -0.39 is 20.3 Å². The molecular formula is C39H42N6O4Si. The second-order valence-electron chi connectivity index (χ2n) is 13.1. The molecule has 0 saturated heterocycles. The molecule has 0 aliphatic carbocycles. The second-order valence-corrected chi connectivity index (χ2v) is 17.4. The second kappa shape index (κ2) is 15.5. The summed E-state index contributed by atoms with van der Waals surface area (Å²) in [7, 11) is -2.75. The van der Waals surface area contributed by atoms with E-state index in [1.165, 1.54) is 16.7 Å². The number of carbonyl (C=O) groups is 1. The Morgan fingerprint density at radius 1 is 0.820 bits per heavy atom. The van der Waals surface area contributed by atoms with Gasteiger partial charge in [-0.3, -0.25) is 4.79 Å². The summed E-state index contributed by atoms with van der Waals surface area (Å²) in [6, 6.07) is 34.5. The number of aromatic nitrogens is 5. The number of fused-ring (bicyclic) bond motifs is 1. The zero-order valence-electron chi connectivity index (χ0n) is 28.8. The van der Waals surface area contributed by atoms with Crippen LogP contribution in [-0.4, -0.2) is 64.9 Å². The largest absolute Gasteiger partial charge is 0.461 e. The highest BCUT2D eigenvalue weighted by Gasteiger charge is 2.50. The topological polar surface area (TPSA) is 113 Å². The molecular weight excluding hydrogens is 645 g/mol. The van der Waals surface area contributed by atoms with Crippen LogP contribution in [0.25, 0.3) is 11.0 Å². The van der Waals surface area contributed by atoms with Gasteiger partial charge >= 0.3 is 0 Å². The fourth-order valence-corrected chi connectivity index (χ4v) is 10.6. The Morgan fingerprint density at radius 2 is 1.48 bits per heavy atom. The van der Waals surface area contributed by atoms with Crippen LogP contribution in [0.3, 0.4) is 0 Å². The first-order chi connectivity index (χ1) is 24.2. The summed E-state index contributed by atoms with van der Waals surface area (Å²) < 4.78 is 21.2. The van der Waals surface area contributed by atoms with E-state index in [0.29, 0.717) is 30.0 Å². The molecule has 0 fully saturated rings. The Balaban J connectivity index is 1.20. The number of carbonyl (C=O) groups excluding carboxylic acids is 1. The molecule has 3 aromatic heterocycles. The Bertz CT molecular complexity index is 1950. The van der Waals surface area contributed by atoms with Gasteiger partial charge in [-0.15, -0.1) is 0 Å². The molecule has 1 amide bonds. The molecule has 256 valence electrons. The molecule has 0 spiro atoms. The van der Waals surface area contributed by atoms with Crippen molar-refractivity contribution in [2.24, 2.45) is 0 Å². The van der Waals surface area contributed by atoms with Gasteiger partial charge in [-0.05, 0) is 39.5 Å². The third kappa shape index (κ3) is 7.81. The summed E-state index contributed by atoms with van der Waals surface area (Å²) in [5.74, 6) is 0.226. The summed E-state index contributed by atoms with van der Waals surface area (Å²) in [6.07, 6.45) is 3.71. The number of pyridine rings is 1. The molecule has 11 heteroatoms. The number of amides is 1. The molecule has 0 aliphatic rings. The van der Waals surface area contributed by atoms with Gasteiger partial charge in [-0.1, -0.05) is 118 Å². The Labute approximate surface area is 293 Å². The number of anilines is 1. The minimum absolute atomic E-state index is 0.0501. The van der Waals surface area contributed by atoms with Crippen molar-refractivity contribution in [3.05, 3.63) is 133 Å². The predicted molar refractivity (Wildman–Crippen MR) is 197 cm³/mol. The molecule has 0 saturated carbocycles. The van der Waals surface area contributed by atoms with Crippen LogP contribution in [0.1, 0.15) is 31.9 Å². The summed E-state index contributed by atoms with van der Waals surface area (Å²) in [5, 5.41) is 10.2. The summed E-state index contributed by atoms with van der Waals surface area (Å²) in [6.45, 7) is 9.68. The van der Waals surface area contributed by atoms with Crippen molar-refractivity contribution in [1.82, 2.24) is 24.7 Å². The molecule has 0 radical (unpaired) electrons. The van der Waals surface area contributed by atoms with Gasteiger partial charge in [0.15, 0.2) is 5.65 Å². The van der Waals surface area contributed by atoms with E-state index in [0.717, 1.165) is 11.1 Å². The van der Waals surface area contributed by atoms with Crippen molar-refractivity contribution in [1.29, 1.82) is 0 Å². The number of ether oxygens (including phenoxy) is 2. The molecule has 0 bridgehead atoms. The summed E-state index contributed by atoms with van der Waals surface area (Å²) >= 11 is 0. The van der Waals surface area contributed by atoms with Gasteiger partial charge in [0.25, 0.3) is 14.2 Å². The van der Waals surface area contributed by atoms with Crippen molar-refractivity contribution in [2.45, 2.75) is 45.4 Å². The number of rotatable bonds is 14. The Hall–Kier alpha value is -5.23. The zero-order chi connectivity index (χ0) is 35.0. The number of nitrogens with zero attached hydrogens (tertiary/aromatic N) is 5. The first-order valence-corrected chi connectivity index (χ1v) is 18.6. The molecule has 6 rings (SSSR count). The number of nitrogens with one attached hydrogen (secondary N) is 1. The highest BCUT2D eigenvalue weighted by molar-refractivity contribution is 6.99. The van der Waals surface area contributed by atoms with E-state index in [9.17, 15) is 4.79 Å². The number of hydrogen-bond donors (Lipinski definition) is 1. The normalized spacial score (nSPS) is 12.5. The molecule has 1 N–H and O–H groups in total. The lowest BCUT2D eigenvalue weighted by atomic mass is 10.2. The highest BCUT2D eigenvalue weighted by Crippen LogP contribution is 2.36. The van der Waals surface area contributed by atoms with Crippen LogP contribution in [-0.2, 0) is 20.5 Å². The van der Waals surface area contributed by atoms with E-state index in [4.69, 9.17) is 13.9 Å². The third-order valence-corrected chi connectivity index (χ3v) is 13.6. The molecule has 50 heavy (non-hydrogen) atoms. The van der Waals surface area contributed by atoms with Crippen molar-refractivity contribution < 1.29 is 18.7 Å². The van der Waals surface area contributed by atoms with E-state index in [1.807, 2.05) is 55.5 Å². The molecule has 0 aliphatic heterocycles. The maximum Gasteiger partial charge on any atom is 0.269 e. The van der Waals surface area contributed by atoms with Gasteiger partial charge in [0.2, 0.25) is 12.0 Å². The number of benzene rings is 3. The lowest BCUT2D eigenvalue weighted by Crippen LogP contribution is -2.66. The van der Waals surface area contributed by atoms with Gasteiger partial charge in [-0.2, -0.15) is 5.10 Å². The first-order valence-electron chi connectivity index (χ1n) is 16.7. The maximum absolute atomic E-state index is 13.7. The fourth-order valence-electron chi connectivity index (χ4n) is 6.09. The van der Waals surface area contributed by atoms with Crippen molar-refractivity contribution in [3.63, 3.8) is 0 Å². The summed E-state index contributed by atoms with van der Waals surface area (Å²) in [4.78, 5) is 26.8. The number of hydrogen-bond acceptors (Lipinski definition) is 8. The van der Waals surface area contributed by atoms with Crippen LogP contribution in [0.15, 0.2) is 122 Å². The lowest BCUT2D eigenvalue weighted by Gasteiger charge is -2.43. The zero-order valence-corrected chi connectivity index (χ0v) is 29.8. The van der Waals surface area contributed by atoms with Crippen LogP contribution in [0.4, 0.5) is 5.82 Å². The number of aryl methyl sites for hydroxylation is 1. The van der Waals surface area contributed by atoms with Gasteiger partial charge in [0.05, 0.1) is 32.6 Å². The lowest BCUT2D eigenvalue weighted by molar-refractivity contribution is -0.125. The van der Waals surface area contributed by atoms with Crippen molar-refractivity contribution >= 4 is 41.4 Å². The van der Waals surface area contributed by atoms with E-state index in [-0.39, 0.29) is 24.1 Å². The van der Waals surface area contributed by atoms with Crippen molar-refractivity contribution in [3.8, 4) is 5.88 Å². The fraction of sp³-hybridized carbons (Fsp3) is 0.256. The van der Waals surface area contributed by atoms with Gasteiger partial charge in [0, 0.05) is 6.20 Å². The smallest absolute Gasteiger partial charge is 0.269 e. The first kappa shape index (κ1) is 34.6.